The van der Waals surface area contributed by atoms with Crippen molar-refractivity contribution in [1.82, 2.24) is 10.2 Å². The van der Waals surface area contributed by atoms with Gasteiger partial charge in [-0.3, -0.25) is 4.90 Å². The lowest BCUT2D eigenvalue weighted by Gasteiger charge is -2.41. The van der Waals surface area contributed by atoms with Crippen LogP contribution in [0.1, 0.15) is 24.4 Å². The highest BCUT2D eigenvalue weighted by molar-refractivity contribution is 6.30. The van der Waals surface area contributed by atoms with Gasteiger partial charge in [0.1, 0.15) is 5.75 Å². The van der Waals surface area contributed by atoms with Gasteiger partial charge in [0, 0.05) is 56.0 Å². The maximum absolute atomic E-state index is 6.28. The SMILES string of the molecule is COc1ccc(Cl)cc1[C@H](C1CCOCC1)N1CCNCC1.Cl.Cl. The normalized spacial score (nSPS) is 20.6. The van der Waals surface area contributed by atoms with Crippen LogP contribution in [0, 0.1) is 5.92 Å². The molecule has 1 atom stereocenters. The zero-order valence-corrected chi connectivity index (χ0v) is 16.4. The Bertz CT molecular complexity index is 475. The third-order valence-corrected chi connectivity index (χ3v) is 5.00. The van der Waals surface area contributed by atoms with Crippen molar-refractivity contribution >= 4 is 36.4 Å². The van der Waals surface area contributed by atoms with E-state index in [1.54, 1.807) is 7.11 Å². The number of halogens is 3. The van der Waals surface area contributed by atoms with E-state index in [2.05, 4.69) is 16.3 Å². The summed E-state index contributed by atoms with van der Waals surface area (Å²) in [6.07, 6.45) is 2.20. The summed E-state index contributed by atoms with van der Waals surface area (Å²) in [6.45, 7) is 5.94. The smallest absolute Gasteiger partial charge is 0.123 e. The summed E-state index contributed by atoms with van der Waals surface area (Å²) in [7, 11) is 1.74. The van der Waals surface area contributed by atoms with Crippen molar-refractivity contribution in [2.45, 2.75) is 18.9 Å². The van der Waals surface area contributed by atoms with Gasteiger partial charge in [0.05, 0.1) is 7.11 Å². The first-order valence-corrected chi connectivity index (χ1v) is 8.53. The number of benzene rings is 1. The Morgan fingerprint density at radius 3 is 2.50 bits per heavy atom. The van der Waals surface area contributed by atoms with Gasteiger partial charge in [-0.25, -0.2) is 0 Å². The molecular formula is C17H27Cl3N2O2. The minimum absolute atomic E-state index is 0. The first kappa shape index (κ1) is 21.8. The van der Waals surface area contributed by atoms with E-state index in [0.29, 0.717) is 12.0 Å². The zero-order valence-electron chi connectivity index (χ0n) is 14.0. The first-order chi connectivity index (χ1) is 10.8. The van der Waals surface area contributed by atoms with Crippen LogP contribution in [-0.4, -0.2) is 51.4 Å². The van der Waals surface area contributed by atoms with Crippen LogP contribution >= 0.6 is 36.4 Å². The van der Waals surface area contributed by atoms with E-state index in [0.717, 1.165) is 63.0 Å². The number of hydrogen-bond donors (Lipinski definition) is 1. The fourth-order valence-electron chi connectivity index (χ4n) is 3.68. The monoisotopic (exact) mass is 396 g/mol. The molecule has 0 saturated carbocycles. The molecule has 1 aromatic carbocycles. The van der Waals surface area contributed by atoms with Crippen LogP contribution in [0.3, 0.4) is 0 Å². The lowest BCUT2D eigenvalue weighted by molar-refractivity contribution is 0.0206. The average Bonchev–Trinajstić information content (AvgIpc) is 2.57. The van der Waals surface area contributed by atoms with E-state index in [4.69, 9.17) is 21.1 Å². The molecule has 0 radical (unpaired) electrons. The fourth-order valence-corrected chi connectivity index (χ4v) is 3.86. The van der Waals surface area contributed by atoms with Crippen molar-refractivity contribution in [3.63, 3.8) is 0 Å². The molecule has 138 valence electrons. The van der Waals surface area contributed by atoms with Gasteiger partial charge >= 0.3 is 0 Å². The second-order valence-corrected chi connectivity index (χ2v) is 6.50. The third kappa shape index (κ3) is 5.13. The molecule has 2 heterocycles. The van der Waals surface area contributed by atoms with E-state index in [9.17, 15) is 0 Å². The average molecular weight is 398 g/mol. The summed E-state index contributed by atoms with van der Waals surface area (Å²) in [4.78, 5) is 2.58. The number of piperazine rings is 1. The quantitative estimate of drug-likeness (QED) is 0.842. The summed E-state index contributed by atoms with van der Waals surface area (Å²) >= 11 is 6.28. The molecule has 2 aliphatic rings. The number of hydrogen-bond acceptors (Lipinski definition) is 4. The van der Waals surface area contributed by atoms with Gasteiger partial charge in [-0.15, -0.1) is 24.8 Å². The van der Waals surface area contributed by atoms with Gasteiger partial charge in [-0.05, 0) is 37.0 Å². The molecular weight excluding hydrogens is 371 g/mol. The van der Waals surface area contributed by atoms with Crippen LogP contribution in [0.15, 0.2) is 18.2 Å². The second-order valence-electron chi connectivity index (χ2n) is 6.07. The summed E-state index contributed by atoms with van der Waals surface area (Å²) in [5.41, 5.74) is 1.23. The van der Waals surface area contributed by atoms with Gasteiger partial charge in [0.25, 0.3) is 0 Å². The fraction of sp³-hybridized carbons (Fsp3) is 0.647. The molecule has 0 aromatic heterocycles. The summed E-state index contributed by atoms with van der Waals surface area (Å²) in [5, 5.41) is 4.22. The molecule has 2 aliphatic heterocycles. The number of methoxy groups -OCH3 is 1. The third-order valence-electron chi connectivity index (χ3n) is 4.77. The number of nitrogens with zero attached hydrogens (tertiary/aromatic N) is 1. The predicted molar refractivity (Wildman–Crippen MR) is 103 cm³/mol. The number of rotatable bonds is 4. The van der Waals surface area contributed by atoms with Crippen molar-refractivity contribution in [2.75, 3.05) is 46.5 Å². The molecule has 0 bridgehead atoms. The summed E-state index contributed by atoms with van der Waals surface area (Å²) in [6, 6.07) is 6.34. The molecule has 24 heavy (non-hydrogen) atoms. The van der Waals surface area contributed by atoms with Gasteiger partial charge in [0.2, 0.25) is 0 Å². The highest BCUT2D eigenvalue weighted by Crippen LogP contribution is 2.40. The van der Waals surface area contributed by atoms with Crippen LogP contribution < -0.4 is 10.1 Å². The van der Waals surface area contributed by atoms with E-state index >= 15 is 0 Å². The maximum Gasteiger partial charge on any atom is 0.123 e. The van der Waals surface area contributed by atoms with E-state index in [1.165, 1.54) is 5.56 Å². The van der Waals surface area contributed by atoms with Crippen LogP contribution in [0.25, 0.3) is 0 Å². The van der Waals surface area contributed by atoms with E-state index < -0.39 is 0 Å². The molecule has 0 amide bonds. The molecule has 2 fully saturated rings. The molecule has 2 saturated heterocycles. The lowest BCUT2D eigenvalue weighted by atomic mass is 9.85. The Labute approximate surface area is 162 Å². The van der Waals surface area contributed by atoms with Crippen molar-refractivity contribution in [1.29, 1.82) is 0 Å². The minimum Gasteiger partial charge on any atom is -0.496 e. The van der Waals surface area contributed by atoms with Crippen molar-refractivity contribution in [3.05, 3.63) is 28.8 Å². The molecule has 0 spiro atoms. The standard InChI is InChI=1S/C17H25ClN2O2.2ClH/c1-21-16-3-2-14(18)12-15(16)17(13-4-10-22-11-5-13)20-8-6-19-7-9-20;;/h2-3,12-13,17,19H,4-11H2,1H3;2*1H/t17-;;/m0../s1. The molecule has 1 N–H and O–H groups in total. The molecule has 0 aliphatic carbocycles. The van der Waals surface area contributed by atoms with Gasteiger partial charge in [-0.2, -0.15) is 0 Å². The Kier molecular flexibility index (Phi) is 9.72. The van der Waals surface area contributed by atoms with Gasteiger partial charge in [0.15, 0.2) is 0 Å². The number of ether oxygens (including phenoxy) is 2. The molecule has 7 heteroatoms. The van der Waals surface area contributed by atoms with Crippen molar-refractivity contribution in [3.8, 4) is 5.75 Å². The van der Waals surface area contributed by atoms with Crippen LogP contribution in [0.5, 0.6) is 5.75 Å². The van der Waals surface area contributed by atoms with E-state index in [1.807, 2.05) is 12.1 Å². The van der Waals surface area contributed by atoms with Crippen LogP contribution in [-0.2, 0) is 4.74 Å². The topological polar surface area (TPSA) is 33.7 Å². The summed E-state index contributed by atoms with van der Waals surface area (Å²) in [5.74, 6) is 1.54. The lowest BCUT2D eigenvalue weighted by Crippen LogP contribution is -2.47. The highest BCUT2D eigenvalue weighted by Gasteiger charge is 2.33. The zero-order chi connectivity index (χ0) is 15.4. The Balaban J connectivity index is 0.00000144. The maximum atomic E-state index is 6.28. The van der Waals surface area contributed by atoms with Crippen molar-refractivity contribution in [2.24, 2.45) is 5.92 Å². The largest absolute Gasteiger partial charge is 0.496 e. The molecule has 0 unspecified atom stereocenters. The van der Waals surface area contributed by atoms with Gasteiger partial charge in [-0.1, -0.05) is 11.6 Å². The minimum atomic E-state index is 0. The van der Waals surface area contributed by atoms with Crippen molar-refractivity contribution < 1.29 is 9.47 Å². The van der Waals surface area contributed by atoms with Gasteiger partial charge < -0.3 is 14.8 Å². The summed E-state index contributed by atoms with van der Waals surface area (Å²) < 4.78 is 11.2. The Morgan fingerprint density at radius 1 is 1.21 bits per heavy atom. The molecule has 4 nitrogen and oxygen atoms in total. The van der Waals surface area contributed by atoms with Crippen LogP contribution in [0.2, 0.25) is 5.02 Å². The Hall–Kier alpha value is -0.230. The van der Waals surface area contributed by atoms with E-state index in [-0.39, 0.29) is 24.8 Å². The molecule has 3 rings (SSSR count). The highest BCUT2D eigenvalue weighted by atomic mass is 35.5. The van der Waals surface area contributed by atoms with Crippen LogP contribution in [0.4, 0.5) is 0 Å². The molecule has 1 aromatic rings. The number of nitrogens with one attached hydrogen (secondary N) is 1. The predicted octanol–water partition coefficient (Wildman–Crippen LogP) is 3.57. The second kappa shape index (κ2) is 10.7. The first-order valence-electron chi connectivity index (χ1n) is 8.15. The Morgan fingerprint density at radius 2 is 1.88 bits per heavy atom.